The first kappa shape index (κ1) is 21.4. The molecule has 32 heavy (non-hydrogen) atoms. The highest BCUT2D eigenvalue weighted by atomic mass is 19.4. The molecular weight excluding hydrogens is 417 g/mol. The van der Waals surface area contributed by atoms with Crippen LogP contribution in [0.25, 0.3) is 0 Å². The van der Waals surface area contributed by atoms with E-state index < -0.39 is 11.9 Å². The standard InChI is InChI=1S/C24H19F3N4O/c25-24(26,27)21-7-4-8-22(29-21)30-13-15-31(16-14-30)23(32)19-11-12-28-20(17-19)10-9-18-5-2-1-3-6-18/h1-8,11-12,17H,13-16H2. The van der Waals surface area contributed by atoms with Gasteiger partial charge in [-0.15, -0.1) is 0 Å². The second-order valence-corrected chi connectivity index (χ2v) is 7.20. The molecule has 162 valence electrons. The van der Waals surface area contributed by atoms with E-state index in [1.807, 2.05) is 30.3 Å². The molecule has 3 heterocycles. The van der Waals surface area contributed by atoms with Crippen molar-refractivity contribution in [3.05, 3.63) is 89.4 Å². The number of carbonyl (C=O) groups excluding carboxylic acids is 1. The number of amides is 1. The third-order valence-corrected chi connectivity index (χ3v) is 5.03. The zero-order valence-electron chi connectivity index (χ0n) is 17.0. The number of halogens is 3. The van der Waals surface area contributed by atoms with Crippen LogP contribution in [0, 0.1) is 11.8 Å². The molecule has 0 aliphatic carbocycles. The van der Waals surface area contributed by atoms with Crippen LogP contribution < -0.4 is 4.90 Å². The Morgan fingerprint density at radius 2 is 1.66 bits per heavy atom. The molecule has 0 N–H and O–H groups in total. The van der Waals surface area contributed by atoms with E-state index in [1.54, 1.807) is 34.2 Å². The molecule has 0 radical (unpaired) electrons. The molecule has 0 bridgehead atoms. The molecule has 1 aliphatic heterocycles. The van der Waals surface area contributed by atoms with Gasteiger partial charge in [0.2, 0.25) is 0 Å². The van der Waals surface area contributed by atoms with Crippen LogP contribution in [0.15, 0.2) is 66.9 Å². The Morgan fingerprint density at radius 3 is 2.38 bits per heavy atom. The van der Waals surface area contributed by atoms with Crippen LogP contribution in [0.3, 0.4) is 0 Å². The van der Waals surface area contributed by atoms with Gasteiger partial charge in [0.25, 0.3) is 5.91 Å². The van der Waals surface area contributed by atoms with Crippen LogP contribution in [-0.2, 0) is 6.18 Å². The van der Waals surface area contributed by atoms with Gasteiger partial charge in [-0.3, -0.25) is 4.79 Å². The molecule has 1 amide bonds. The maximum atomic E-state index is 12.9. The van der Waals surface area contributed by atoms with Crippen molar-refractivity contribution in [1.29, 1.82) is 0 Å². The van der Waals surface area contributed by atoms with E-state index in [0.717, 1.165) is 11.6 Å². The lowest BCUT2D eigenvalue weighted by Crippen LogP contribution is -2.49. The minimum Gasteiger partial charge on any atom is -0.353 e. The van der Waals surface area contributed by atoms with E-state index in [2.05, 4.69) is 21.8 Å². The fourth-order valence-electron chi connectivity index (χ4n) is 3.37. The summed E-state index contributed by atoms with van der Waals surface area (Å²) in [4.78, 5) is 24.3. The lowest BCUT2D eigenvalue weighted by Gasteiger charge is -2.35. The number of aromatic nitrogens is 2. The van der Waals surface area contributed by atoms with Crippen molar-refractivity contribution in [1.82, 2.24) is 14.9 Å². The van der Waals surface area contributed by atoms with Gasteiger partial charge in [0.15, 0.2) is 0 Å². The molecule has 4 rings (SSSR count). The van der Waals surface area contributed by atoms with Gasteiger partial charge in [-0.1, -0.05) is 30.2 Å². The Balaban J connectivity index is 1.41. The van der Waals surface area contributed by atoms with Crippen molar-refractivity contribution in [2.24, 2.45) is 0 Å². The first-order valence-electron chi connectivity index (χ1n) is 10.0. The van der Waals surface area contributed by atoms with Crippen molar-refractivity contribution in [2.75, 3.05) is 31.1 Å². The number of hydrogen-bond donors (Lipinski definition) is 0. The summed E-state index contributed by atoms with van der Waals surface area (Å²) in [5.74, 6) is 6.08. The van der Waals surface area contributed by atoms with Crippen molar-refractivity contribution in [3.8, 4) is 11.8 Å². The number of benzene rings is 1. The van der Waals surface area contributed by atoms with Gasteiger partial charge in [-0.2, -0.15) is 13.2 Å². The molecule has 1 fully saturated rings. The van der Waals surface area contributed by atoms with Gasteiger partial charge in [-0.05, 0) is 42.3 Å². The Kier molecular flexibility index (Phi) is 6.08. The fourth-order valence-corrected chi connectivity index (χ4v) is 3.37. The van der Waals surface area contributed by atoms with Crippen molar-refractivity contribution >= 4 is 11.7 Å². The van der Waals surface area contributed by atoms with E-state index in [4.69, 9.17) is 0 Å². The summed E-state index contributed by atoms with van der Waals surface area (Å²) in [7, 11) is 0. The minimum absolute atomic E-state index is 0.160. The summed E-state index contributed by atoms with van der Waals surface area (Å²) >= 11 is 0. The number of anilines is 1. The predicted molar refractivity (Wildman–Crippen MR) is 114 cm³/mol. The van der Waals surface area contributed by atoms with Crippen LogP contribution in [0.5, 0.6) is 0 Å². The molecule has 1 aliphatic rings. The van der Waals surface area contributed by atoms with E-state index in [9.17, 15) is 18.0 Å². The molecule has 0 spiro atoms. The molecule has 1 saturated heterocycles. The molecule has 1 aromatic carbocycles. The number of alkyl halides is 3. The monoisotopic (exact) mass is 436 g/mol. The first-order valence-corrected chi connectivity index (χ1v) is 10.0. The zero-order chi connectivity index (χ0) is 22.6. The Hall–Kier alpha value is -3.86. The molecule has 0 atom stereocenters. The molecular formula is C24H19F3N4O. The average molecular weight is 436 g/mol. The fraction of sp³-hybridized carbons (Fsp3) is 0.208. The summed E-state index contributed by atoms with van der Waals surface area (Å²) in [5, 5.41) is 0. The summed E-state index contributed by atoms with van der Waals surface area (Å²) in [5.41, 5.74) is 0.897. The molecule has 2 aromatic heterocycles. The van der Waals surface area contributed by atoms with Crippen LogP contribution in [0.2, 0.25) is 0 Å². The normalized spacial score (nSPS) is 14.0. The summed E-state index contributed by atoms with van der Waals surface area (Å²) in [6.07, 6.45) is -2.94. The maximum Gasteiger partial charge on any atom is 0.433 e. The van der Waals surface area contributed by atoms with Crippen molar-refractivity contribution < 1.29 is 18.0 Å². The summed E-state index contributed by atoms with van der Waals surface area (Å²) < 4.78 is 38.8. The Bertz CT molecular complexity index is 1160. The first-order chi connectivity index (χ1) is 15.4. The molecule has 8 heteroatoms. The Labute approximate surface area is 183 Å². The second-order valence-electron chi connectivity index (χ2n) is 7.20. The number of hydrogen-bond acceptors (Lipinski definition) is 4. The largest absolute Gasteiger partial charge is 0.433 e. The van der Waals surface area contributed by atoms with Gasteiger partial charge < -0.3 is 9.80 Å². The molecule has 0 saturated carbocycles. The van der Waals surface area contributed by atoms with Gasteiger partial charge in [-0.25, -0.2) is 9.97 Å². The van der Waals surface area contributed by atoms with Crippen LogP contribution >= 0.6 is 0 Å². The highest BCUT2D eigenvalue weighted by Gasteiger charge is 2.33. The predicted octanol–water partition coefficient (Wildman–Crippen LogP) is 3.86. The van der Waals surface area contributed by atoms with Crippen LogP contribution in [0.1, 0.15) is 27.3 Å². The number of nitrogens with zero attached hydrogens (tertiary/aromatic N) is 4. The Morgan fingerprint density at radius 1 is 0.906 bits per heavy atom. The van der Waals surface area contributed by atoms with Gasteiger partial charge in [0.1, 0.15) is 17.2 Å². The molecule has 3 aromatic rings. The second kappa shape index (κ2) is 9.10. The minimum atomic E-state index is -4.49. The number of pyridine rings is 2. The number of carbonyl (C=O) groups is 1. The smallest absolute Gasteiger partial charge is 0.353 e. The van der Waals surface area contributed by atoms with Gasteiger partial charge >= 0.3 is 6.18 Å². The van der Waals surface area contributed by atoms with Gasteiger partial charge in [0, 0.05) is 43.5 Å². The van der Waals surface area contributed by atoms with E-state index in [-0.39, 0.29) is 11.7 Å². The van der Waals surface area contributed by atoms with Crippen molar-refractivity contribution in [2.45, 2.75) is 6.18 Å². The van der Waals surface area contributed by atoms with Crippen LogP contribution in [-0.4, -0.2) is 47.0 Å². The number of piperazine rings is 1. The molecule has 5 nitrogen and oxygen atoms in total. The highest BCUT2D eigenvalue weighted by molar-refractivity contribution is 5.94. The average Bonchev–Trinajstić information content (AvgIpc) is 2.83. The summed E-state index contributed by atoms with van der Waals surface area (Å²) in [6.45, 7) is 1.55. The summed E-state index contributed by atoms with van der Waals surface area (Å²) in [6, 6.07) is 16.6. The third-order valence-electron chi connectivity index (χ3n) is 5.03. The van der Waals surface area contributed by atoms with Crippen molar-refractivity contribution in [3.63, 3.8) is 0 Å². The lowest BCUT2D eigenvalue weighted by molar-refractivity contribution is -0.141. The van der Waals surface area contributed by atoms with E-state index in [0.29, 0.717) is 37.4 Å². The van der Waals surface area contributed by atoms with Gasteiger partial charge in [0.05, 0.1) is 0 Å². The lowest BCUT2D eigenvalue weighted by atomic mass is 10.1. The number of rotatable bonds is 2. The zero-order valence-corrected chi connectivity index (χ0v) is 17.0. The van der Waals surface area contributed by atoms with E-state index >= 15 is 0 Å². The third kappa shape index (κ3) is 5.06. The maximum absolute atomic E-state index is 12.9. The topological polar surface area (TPSA) is 49.3 Å². The SMILES string of the molecule is O=C(c1ccnc(C#Cc2ccccc2)c1)N1CCN(c2cccc(C(F)(F)F)n2)CC1. The van der Waals surface area contributed by atoms with E-state index in [1.165, 1.54) is 6.07 Å². The highest BCUT2D eigenvalue weighted by Crippen LogP contribution is 2.29. The van der Waals surface area contributed by atoms with Crippen LogP contribution in [0.4, 0.5) is 19.0 Å². The quantitative estimate of drug-likeness (QED) is 0.573. The molecule has 0 unspecified atom stereocenters.